The van der Waals surface area contributed by atoms with Crippen molar-refractivity contribution < 1.29 is 19.7 Å². The topological polar surface area (TPSA) is 83.0 Å². The van der Waals surface area contributed by atoms with Crippen molar-refractivity contribution in [3.63, 3.8) is 0 Å². The molecular formula is C23H42N2O4. The molecule has 0 aliphatic carbocycles. The lowest BCUT2D eigenvalue weighted by atomic mass is 10.0. The SMILES string of the molecule is CC(C)c1ccc(OCC(O)CNC(C)(C)C)c(OCC(O)CNC(C)(C)C)c1. The molecule has 168 valence electrons. The van der Waals surface area contributed by atoms with E-state index in [0.717, 1.165) is 5.56 Å². The molecule has 0 aliphatic heterocycles. The summed E-state index contributed by atoms with van der Waals surface area (Å²) in [6.45, 7) is 17.8. The van der Waals surface area contributed by atoms with Crippen molar-refractivity contribution in [3.8, 4) is 11.5 Å². The van der Waals surface area contributed by atoms with E-state index in [1.54, 1.807) is 0 Å². The molecule has 1 aromatic rings. The molecule has 0 saturated carbocycles. The number of hydrogen-bond donors (Lipinski definition) is 4. The van der Waals surface area contributed by atoms with E-state index in [1.807, 2.05) is 18.2 Å². The van der Waals surface area contributed by atoms with Gasteiger partial charge in [-0.25, -0.2) is 0 Å². The molecule has 0 amide bonds. The summed E-state index contributed by atoms with van der Waals surface area (Å²) in [6, 6.07) is 5.82. The molecule has 6 nitrogen and oxygen atoms in total. The lowest BCUT2D eigenvalue weighted by molar-refractivity contribution is 0.0871. The molecule has 4 N–H and O–H groups in total. The Balaban J connectivity index is 2.72. The van der Waals surface area contributed by atoms with Crippen LogP contribution in [0.25, 0.3) is 0 Å². The Morgan fingerprint density at radius 1 is 0.793 bits per heavy atom. The molecule has 0 heterocycles. The van der Waals surface area contributed by atoms with E-state index in [0.29, 0.717) is 30.5 Å². The Bertz CT molecular complexity index is 606. The maximum Gasteiger partial charge on any atom is 0.161 e. The summed E-state index contributed by atoms with van der Waals surface area (Å²) < 4.78 is 11.7. The van der Waals surface area contributed by atoms with Gasteiger partial charge < -0.3 is 30.3 Å². The lowest BCUT2D eigenvalue weighted by Gasteiger charge is -2.24. The molecule has 0 spiro atoms. The molecule has 0 saturated heterocycles. The van der Waals surface area contributed by atoms with Gasteiger partial charge in [0.05, 0.1) is 0 Å². The molecule has 1 rings (SSSR count). The lowest BCUT2D eigenvalue weighted by Crippen LogP contribution is -2.42. The van der Waals surface area contributed by atoms with Crippen LogP contribution in [0.5, 0.6) is 11.5 Å². The molecule has 1 aromatic carbocycles. The quantitative estimate of drug-likeness (QED) is 0.449. The van der Waals surface area contributed by atoms with Gasteiger partial charge in [0.15, 0.2) is 11.5 Å². The number of β-amino-alcohol motifs (C(OH)–C–C–N with tert-alkyl or cyclic N) is 2. The highest BCUT2D eigenvalue weighted by molar-refractivity contribution is 5.44. The minimum atomic E-state index is -0.633. The second-order valence-corrected chi connectivity index (χ2v) is 10.1. The first-order valence-electron chi connectivity index (χ1n) is 10.5. The molecule has 2 unspecified atom stereocenters. The van der Waals surface area contributed by atoms with E-state index in [4.69, 9.17) is 9.47 Å². The van der Waals surface area contributed by atoms with Gasteiger partial charge in [0, 0.05) is 24.2 Å². The minimum absolute atomic E-state index is 0.0641. The van der Waals surface area contributed by atoms with Crippen molar-refractivity contribution in [2.75, 3.05) is 26.3 Å². The Morgan fingerprint density at radius 3 is 1.66 bits per heavy atom. The van der Waals surface area contributed by atoms with Crippen molar-refractivity contribution in [2.24, 2.45) is 0 Å². The highest BCUT2D eigenvalue weighted by Crippen LogP contribution is 2.31. The number of hydrogen-bond acceptors (Lipinski definition) is 6. The summed E-state index contributed by atoms with van der Waals surface area (Å²) >= 11 is 0. The number of aliphatic hydroxyl groups excluding tert-OH is 2. The van der Waals surface area contributed by atoms with E-state index < -0.39 is 12.2 Å². The van der Waals surface area contributed by atoms with Gasteiger partial charge >= 0.3 is 0 Å². The van der Waals surface area contributed by atoms with Gasteiger partial charge in [0.2, 0.25) is 0 Å². The molecule has 0 fully saturated rings. The van der Waals surface area contributed by atoms with Crippen molar-refractivity contribution >= 4 is 0 Å². The Morgan fingerprint density at radius 2 is 1.24 bits per heavy atom. The van der Waals surface area contributed by atoms with Crippen LogP contribution in [-0.4, -0.2) is 59.8 Å². The Labute approximate surface area is 177 Å². The Kier molecular flexibility index (Phi) is 9.89. The summed E-state index contributed by atoms with van der Waals surface area (Å²) in [4.78, 5) is 0. The first-order chi connectivity index (χ1) is 13.3. The molecule has 29 heavy (non-hydrogen) atoms. The Hall–Kier alpha value is -1.34. The van der Waals surface area contributed by atoms with E-state index in [-0.39, 0.29) is 24.3 Å². The largest absolute Gasteiger partial charge is 0.487 e. The predicted molar refractivity (Wildman–Crippen MR) is 119 cm³/mol. The van der Waals surface area contributed by atoms with Crippen LogP contribution in [0.4, 0.5) is 0 Å². The number of aliphatic hydroxyl groups is 2. The molecule has 0 aromatic heterocycles. The van der Waals surface area contributed by atoms with Gasteiger partial charge in [-0.2, -0.15) is 0 Å². The van der Waals surface area contributed by atoms with Crippen LogP contribution < -0.4 is 20.1 Å². The number of rotatable bonds is 11. The predicted octanol–water partition coefficient (Wildman–Crippen LogP) is 3.07. The zero-order valence-electron chi connectivity index (χ0n) is 19.5. The fourth-order valence-corrected chi connectivity index (χ4v) is 2.45. The number of benzene rings is 1. The third kappa shape index (κ3) is 11.4. The third-order valence-electron chi connectivity index (χ3n) is 4.23. The average Bonchev–Trinajstić information content (AvgIpc) is 2.60. The minimum Gasteiger partial charge on any atom is -0.487 e. The molecular weight excluding hydrogens is 368 g/mol. The van der Waals surface area contributed by atoms with Gasteiger partial charge in [0.1, 0.15) is 25.4 Å². The van der Waals surface area contributed by atoms with Crippen LogP contribution in [-0.2, 0) is 0 Å². The van der Waals surface area contributed by atoms with Crippen molar-refractivity contribution in [2.45, 2.75) is 84.6 Å². The van der Waals surface area contributed by atoms with Crippen LogP contribution in [0.15, 0.2) is 18.2 Å². The van der Waals surface area contributed by atoms with Gasteiger partial charge in [-0.1, -0.05) is 19.9 Å². The maximum absolute atomic E-state index is 10.2. The van der Waals surface area contributed by atoms with Crippen molar-refractivity contribution in [1.29, 1.82) is 0 Å². The molecule has 2 atom stereocenters. The van der Waals surface area contributed by atoms with Gasteiger partial charge in [-0.15, -0.1) is 0 Å². The standard InChI is InChI=1S/C23H42N2O4/c1-16(2)17-9-10-20(28-14-18(26)12-24-22(3,4)5)21(11-17)29-15-19(27)13-25-23(6,7)8/h9-11,16,18-19,24-27H,12-15H2,1-8H3. The molecule has 0 bridgehead atoms. The summed E-state index contributed by atoms with van der Waals surface area (Å²) in [7, 11) is 0. The first kappa shape index (κ1) is 25.7. The summed E-state index contributed by atoms with van der Waals surface area (Å²) in [6.07, 6.45) is -1.26. The van der Waals surface area contributed by atoms with Gasteiger partial charge in [-0.3, -0.25) is 0 Å². The van der Waals surface area contributed by atoms with Crippen LogP contribution in [0, 0.1) is 0 Å². The third-order valence-corrected chi connectivity index (χ3v) is 4.23. The molecule has 0 radical (unpaired) electrons. The van der Waals surface area contributed by atoms with Crippen molar-refractivity contribution in [1.82, 2.24) is 10.6 Å². The fourth-order valence-electron chi connectivity index (χ4n) is 2.45. The molecule has 6 heteroatoms. The van der Waals surface area contributed by atoms with Gasteiger partial charge in [0.25, 0.3) is 0 Å². The van der Waals surface area contributed by atoms with Crippen LogP contribution in [0.2, 0.25) is 0 Å². The second kappa shape index (κ2) is 11.2. The van der Waals surface area contributed by atoms with E-state index >= 15 is 0 Å². The molecule has 0 aliphatic rings. The summed E-state index contributed by atoms with van der Waals surface area (Å²) in [5.41, 5.74) is 1.000. The summed E-state index contributed by atoms with van der Waals surface area (Å²) in [5.74, 6) is 1.50. The average molecular weight is 411 g/mol. The number of nitrogens with one attached hydrogen (secondary N) is 2. The zero-order valence-corrected chi connectivity index (χ0v) is 19.5. The fraction of sp³-hybridized carbons (Fsp3) is 0.739. The second-order valence-electron chi connectivity index (χ2n) is 10.1. The zero-order chi connectivity index (χ0) is 22.2. The highest BCUT2D eigenvalue weighted by atomic mass is 16.5. The highest BCUT2D eigenvalue weighted by Gasteiger charge is 2.16. The van der Waals surface area contributed by atoms with Crippen LogP contribution >= 0.6 is 0 Å². The smallest absolute Gasteiger partial charge is 0.161 e. The van der Waals surface area contributed by atoms with Crippen molar-refractivity contribution in [3.05, 3.63) is 23.8 Å². The van der Waals surface area contributed by atoms with E-state index in [9.17, 15) is 10.2 Å². The first-order valence-corrected chi connectivity index (χ1v) is 10.5. The van der Waals surface area contributed by atoms with Crippen LogP contribution in [0.3, 0.4) is 0 Å². The normalized spacial score (nSPS) is 14.7. The summed E-state index contributed by atoms with van der Waals surface area (Å²) in [5, 5.41) is 27.0. The van der Waals surface area contributed by atoms with E-state index in [1.165, 1.54) is 0 Å². The van der Waals surface area contributed by atoms with Gasteiger partial charge in [-0.05, 0) is 65.2 Å². The van der Waals surface area contributed by atoms with E-state index in [2.05, 4.69) is 66.0 Å². The maximum atomic E-state index is 10.2. The number of ether oxygens (including phenoxy) is 2. The monoisotopic (exact) mass is 410 g/mol. The van der Waals surface area contributed by atoms with Crippen LogP contribution in [0.1, 0.15) is 66.9 Å².